The molecule has 0 radical (unpaired) electrons. The fourth-order valence-corrected chi connectivity index (χ4v) is 2.51. The Morgan fingerprint density at radius 1 is 1.17 bits per heavy atom. The van der Waals surface area contributed by atoms with Crippen LogP contribution >= 0.6 is 0 Å². The van der Waals surface area contributed by atoms with Crippen molar-refractivity contribution in [2.75, 3.05) is 46.4 Å². The van der Waals surface area contributed by atoms with E-state index in [1.807, 2.05) is 31.7 Å². The van der Waals surface area contributed by atoms with Crippen molar-refractivity contribution in [3.63, 3.8) is 0 Å². The van der Waals surface area contributed by atoms with Gasteiger partial charge in [0.2, 0.25) is 6.41 Å². The smallest absolute Gasteiger partial charge is 0.255 e. The first-order chi connectivity index (χ1) is 11.2. The zero-order valence-corrected chi connectivity index (χ0v) is 14.7. The Labute approximate surface area is 139 Å². The second-order valence-electron chi connectivity index (χ2n) is 5.37. The van der Waals surface area contributed by atoms with Crippen molar-refractivity contribution in [3.05, 3.63) is 23.9 Å². The van der Waals surface area contributed by atoms with Crippen molar-refractivity contribution in [3.8, 4) is 0 Å². The number of allylic oxidation sites excluding steroid dienone is 1. The minimum absolute atomic E-state index is 0.0219. The minimum Gasteiger partial charge on any atom is -0.378 e. The third kappa shape index (κ3) is 5.48. The average molecular weight is 323 g/mol. The maximum atomic E-state index is 12.5. The van der Waals surface area contributed by atoms with Crippen LogP contribution in [0.1, 0.15) is 20.8 Å². The number of ether oxygens (including phenoxy) is 1. The fourth-order valence-electron chi connectivity index (χ4n) is 2.51. The van der Waals surface area contributed by atoms with Crippen LogP contribution in [-0.4, -0.2) is 79.5 Å². The van der Waals surface area contributed by atoms with Gasteiger partial charge in [0.05, 0.1) is 24.8 Å². The van der Waals surface area contributed by atoms with Gasteiger partial charge in [-0.2, -0.15) is 0 Å². The first kappa shape index (κ1) is 19.4. The van der Waals surface area contributed by atoms with E-state index in [1.165, 1.54) is 4.90 Å². The summed E-state index contributed by atoms with van der Waals surface area (Å²) in [5.74, 6) is -0.0219. The van der Waals surface area contributed by atoms with Crippen molar-refractivity contribution in [1.29, 1.82) is 0 Å². The van der Waals surface area contributed by atoms with Gasteiger partial charge >= 0.3 is 0 Å². The Balaban J connectivity index is 0.00000127. The molecule has 0 N–H and O–H groups in total. The maximum Gasteiger partial charge on any atom is 0.255 e. The zero-order chi connectivity index (χ0) is 17.2. The van der Waals surface area contributed by atoms with Crippen LogP contribution in [0, 0.1) is 0 Å². The first-order valence-corrected chi connectivity index (χ1v) is 8.28. The summed E-state index contributed by atoms with van der Waals surface area (Å²) in [6.45, 7) is 10.7. The molecule has 2 fully saturated rings. The van der Waals surface area contributed by atoms with E-state index in [-0.39, 0.29) is 5.91 Å². The van der Waals surface area contributed by atoms with E-state index in [4.69, 9.17) is 4.74 Å². The Hall–Kier alpha value is -1.66. The molecular formula is C17H29N3O3. The van der Waals surface area contributed by atoms with Crippen LogP contribution in [0.15, 0.2) is 23.9 Å². The van der Waals surface area contributed by atoms with Gasteiger partial charge in [-0.05, 0) is 6.92 Å². The molecule has 0 spiro atoms. The van der Waals surface area contributed by atoms with Crippen LogP contribution in [0.4, 0.5) is 0 Å². The SMILES string of the molecule is C/C=C\C(=C/N(C)C=O)C(=O)N1CCN(C2COC2)CC1.CC. The molecule has 0 unspecified atom stereocenters. The highest BCUT2D eigenvalue weighted by Crippen LogP contribution is 2.15. The van der Waals surface area contributed by atoms with Crippen molar-refractivity contribution in [2.24, 2.45) is 0 Å². The molecule has 6 heteroatoms. The monoisotopic (exact) mass is 323 g/mol. The lowest BCUT2D eigenvalue weighted by atomic mass is 10.1. The van der Waals surface area contributed by atoms with Gasteiger partial charge in [-0.1, -0.05) is 26.0 Å². The molecule has 2 aliphatic heterocycles. The van der Waals surface area contributed by atoms with Gasteiger partial charge < -0.3 is 14.5 Å². The summed E-state index contributed by atoms with van der Waals surface area (Å²) in [4.78, 5) is 28.8. The molecule has 0 aliphatic carbocycles. The number of hydrogen-bond donors (Lipinski definition) is 0. The molecule has 2 amide bonds. The molecule has 0 aromatic rings. The van der Waals surface area contributed by atoms with Crippen molar-refractivity contribution in [2.45, 2.75) is 26.8 Å². The number of nitrogens with zero attached hydrogens (tertiary/aromatic N) is 3. The van der Waals surface area contributed by atoms with Gasteiger partial charge in [0.15, 0.2) is 0 Å². The van der Waals surface area contributed by atoms with Gasteiger partial charge in [-0.15, -0.1) is 0 Å². The maximum absolute atomic E-state index is 12.5. The molecule has 2 saturated heterocycles. The van der Waals surface area contributed by atoms with E-state index >= 15 is 0 Å². The van der Waals surface area contributed by atoms with Crippen LogP contribution in [0.2, 0.25) is 0 Å². The van der Waals surface area contributed by atoms with E-state index in [9.17, 15) is 9.59 Å². The molecule has 0 aromatic heterocycles. The van der Waals surface area contributed by atoms with Crippen LogP contribution in [0.5, 0.6) is 0 Å². The molecule has 6 nitrogen and oxygen atoms in total. The van der Waals surface area contributed by atoms with Gasteiger partial charge in [0.25, 0.3) is 5.91 Å². The first-order valence-electron chi connectivity index (χ1n) is 8.28. The Morgan fingerprint density at radius 2 is 1.78 bits per heavy atom. The molecule has 2 aliphatic rings. The number of carbonyl (C=O) groups excluding carboxylic acids is 2. The summed E-state index contributed by atoms with van der Waals surface area (Å²) in [7, 11) is 1.62. The number of piperazine rings is 1. The number of hydrogen-bond acceptors (Lipinski definition) is 4. The highest BCUT2D eigenvalue weighted by Gasteiger charge is 2.30. The summed E-state index contributed by atoms with van der Waals surface area (Å²) >= 11 is 0. The quantitative estimate of drug-likeness (QED) is 0.432. The molecule has 130 valence electrons. The largest absolute Gasteiger partial charge is 0.378 e. The molecule has 23 heavy (non-hydrogen) atoms. The average Bonchev–Trinajstić information content (AvgIpc) is 2.54. The molecule has 0 saturated carbocycles. The van der Waals surface area contributed by atoms with E-state index in [1.54, 1.807) is 19.3 Å². The Bertz CT molecular complexity index is 436. The molecule has 0 atom stereocenters. The molecule has 0 aromatic carbocycles. The summed E-state index contributed by atoms with van der Waals surface area (Å²) in [6, 6.07) is 0.522. The molecule has 2 rings (SSSR count). The minimum atomic E-state index is -0.0219. The Kier molecular flexibility index (Phi) is 8.58. The van der Waals surface area contributed by atoms with E-state index in [0.29, 0.717) is 18.0 Å². The van der Waals surface area contributed by atoms with Crippen molar-refractivity contribution < 1.29 is 14.3 Å². The molecule has 2 heterocycles. The van der Waals surface area contributed by atoms with E-state index in [0.717, 1.165) is 39.4 Å². The number of rotatable bonds is 5. The van der Waals surface area contributed by atoms with Gasteiger partial charge in [0, 0.05) is 39.4 Å². The fraction of sp³-hybridized carbons (Fsp3) is 0.647. The normalized spacial score (nSPS) is 19.8. The van der Waals surface area contributed by atoms with Gasteiger partial charge in [-0.3, -0.25) is 14.5 Å². The van der Waals surface area contributed by atoms with Crippen LogP contribution in [0.3, 0.4) is 0 Å². The van der Waals surface area contributed by atoms with E-state index < -0.39 is 0 Å². The lowest BCUT2D eigenvalue weighted by Gasteiger charge is -2.42. The Morgan fingerprint density at radius 3 is 2.22 bits per heavy atom. The molecule has 0 bridgehead atoms. The lowest BCUT2D eigenvalue weighted by molar-refractivity contribution is -0.131. The van der Waals surface area contributed by atoms with E-state index in [2.05, 4.69) is 4.90 Å². The van der Waals surface area contributed by atoms with Crippen LogP contribution in [-0.2, 0) is 14.3 Å². The third-order valence-corrected chi connectivity index (χ3v) is 3.84. The second kappa shape index (κ2) is 10.2. The van der Waals surface area contributed by atoms with Crippen molar-refractivity contribution in [1.82, 2.24) is 14.7 Å². The number of carbonyl (C=O) groups is 2. The van der Waals surface area contributed by atoms with Crippen LogP contribution in [0.25, 0.3) is 0 Å². The highest BCUT2D eigenvalue weighted by atomic mass is 16.5. The second-order valence-corrected chi connectivity index (χ2v) is 5.37. The summed E-state index contributed by atoms with van der Waals surface area (Å²) < 4.78 is 5.21. The predicted molar refractivity (Wildman–Crippen MR) is 90.8 cm³/mol. The third-order valence-electron chi connectivity index (χ3n) is 3.84. The van der Waals surface area contributed by atoms with Gasteiger partial charge in [0.1, 0.15) is 0 Å². The molecular weight excluding hydrogens is 294 g/mol. The summed E-state index contributed by atoms with van der Waals surface area (Å²) in [6.07, 6.45) is 5.81. The summed E-state index contributed by atoms with van der Waals surface area (Å²) in [5, 5.41) is 0. The predicted octanol–water partition coefficient (Wildman–Crippen LogP) is 1.10. The lowest BCUT2D eigenvalue weighted by Crippen LogP contribution is -2.57. The van der Waals surface area contributed by atoms with Crippen LogP contribution < -0.4 is 0 Å². The number of amides is 2. The standard InChI is InChI=1S/C15H23N3O3.C2H6/c1-3-4-13(9-16(2)12-19)15(20)18-7-5-17(6-8-18)14-10-21-11-14;1-2/h3-4,9,12,14H,5-8,10-11H2,1-2H3;1-2H3/b4-3-,13-9+;. The van der Waals surface area contributed by atoms with Crippen molar-refractivity contribution >= 4 is 12.3 Å². The highest BCUT2D eigenvalue weighted by molar-refractivity contribution is 5.96. The topological polar surface area (TPSA) is 53.1 Å². The zero-order valence-electron chi connectivity index (χ0n) is 14.7. The van der Waals surface area contributed by atoms with Gasteiger partial charge in [-0.25, -0.2) is 0 Å². The summed E-state index contributed by atoms with van der Waals surface area (Å²) in [5.41, 5.74) is 0.535.